The molecule has 1 atom stereocenters. The Balaban J connectivity index is 1.54. The summed E-state index contributed by atoms with van der Waals surface area (Å²) in [7, 11) is 0. The summed E-state index contributed by atoms with van der Waals surface area (Å²) in [5, 5.41) is 3.71. The Bertz CT molecular complexity index is 683. The molecule has 0 radical (unpaired) electrons. The fourth-order valence-electron chi connectivity index (χ4n) is 3.48. The number of nitrogens with one attached hydrogen (secondary N) is 1. The summed E-state index contributed by atoms with van der Waals surface area (Å²) in [5.41, 5.74) is 5.55. The number of rotatable bonds is 3. The van der Waals surface area contributed by atoms with Crippen LogP contribution in [-0.2, 0) is 19.4 Å². The van der Waals surface area contributed by atoms with Gasteiger partial charge in [0.25, 0.3) is 0 Å². The van der Waals surface area contributed by atoms with Gasteiger partial charge in [0.15, 0.2) is 0 Å². The smallest absolute Gasteiger partial charge is 0.127 e. The summed E-state index contributed by atoms with van der Waals surface area (Å²) in [5.74, 6) is 1.09. The lowest BCUT2D eigenvalue weighted by molar-refractivity contribution is 0.351. The van der Waals surface area contributed by atoms with Gasteiger partial charge in [-0.2, -0.15) is 0 Å². The first-order chi connectivity index (χ1) is 10.3. The SMILES string of the molecule is Brc1cc2c(c(CNC3CCc4ccccc43)c1)OCC2. The van der Waals surface area contributed by atoms with Gasteiger partial charge < -0.3 is 10.1 Å². The van der Waals surface area contributed by atoms with Gasteiger partial charge in [0, 0.05) is 29.0 Å². The first-order valence-electron chi connectivity index (χ1n) is 7.56. The molecule has 2 aromatic carbocycles. The van der Waals surface area contributed by atoms with Crippen LogP contribution in [0.3, 0.4) is 0 Å². The van der Waals surface area contributed by atoms with E-state index in [1.807, 2.05) is 0 Å². The average molecular weight is 344 g/mol. The highest BCUT2D eigenvalue weighted by atomic mass is 79.9. The van der Waals surface area contributed by atoms with E-state index in [1.54, 1.807) is 0 Å². The van der Waals surface area contributed by atoms with Gasteiger partial charge in [0.1, 0.15) is 5.75 Å². The largest absolute Gasteiger partial charge is 0.493 e. The molecule has 1 aliphatic carbocycles. The van der Waals surface area contributed by atoms with Crippen molar-refractivity contribution in [3.63, 3.8) is 0 Å². The van der Waals surface area contributed by atoms with Crippen LogP contribution in [0, 0.1) is 0 Å². The molecule has 3 heteroatoms. The maximum absolute atomic E-state index is 5.81. The van der Waals surface area contributed by atoms with Crippen LogP contribution in [0.2, 0.25) is 0 Å². The van der Waals surface area contributed by atoms with Crippen molar-refractivity contribution in [1.29, 1.82) is 0 Å². The van der Waals surface area contributed by atoms with Crippen LogP contribution in [0.15, 0.2) is 40.9 Å². The van der Waals surface area contributed by atoms with Crippen molar-refractivity contribution in [3.05, 3.63) is 63.1 Å². The van der Waals surface area contributed by atoms with E-state index in [0.29, 0.717) is 6.04 Å². The summed E-state index contributed by atoms with van der Waals surface area (Å²) >= 11 is 3.61. The van der Waals surface area contributed by atoms with Gasteiger partial charge in [0.2, 0.25) is 0 Å². The zero-order valence-electron chi connectivity index (χ0n) is 11.9. The maximum atomic E-state index is 5.81. The van der Waals surface area contributed by atoms with Crippen LogP contribution >= 0.6 is 15.9 Å². The molecule has 1 N–H and O–H groups in total. The Morgan fingerprint density at radius 3 is 3.00 bits per heavy atom. The van der Waals surface area contributed by atoms with Crippen LogP contribution in [0.4, 0.5) is 0 Å². The molecule has 21 heavy (non-hydrogen) atoms. The highest BCUT2D eigenvalue weighted by molar-refractivity contribution is 9.10. The minimum absolute atomic E-state index is 0.470. The van der Waals surface area contributed by atoms with Crippen molar-refractivity contribution in [2.24, 2.45) is 0 Å². The number of fused-ring (bicyclic) bond motifs is 2. The molecule has 108 valence electrons. The number of halogens is 1. The Hall–Kier alpha value is -1.32. The van der Waals surface area contributed by atoms with E-state index < -0.39 is 0 Å². The van der Waals surface area contributed by atoms with Gasteiger partial charge in [0.05, 0.1) is 6.61 Å². The maximum Gasteiger partial charge on any atom is 0.127 e. The van der Waals surface area contributed by atoms with Gasteiger partial charge in [-0.1, -0.05) is 40.2 Å². The second kappa shape index (κ2) is 5.47. The minimum atomic E-state index is 0.470. The van der Waals surface area contributed by atoms with E-state index in [9.17, 15) is 0 Å². The molecule has 1 unspecified atom stereocenters. The van der Waals surface area contributed by atoms with E-state index in [-0.39, 0.29) is 0 Å². The second-order valence-corrected chi connectivity index (χ2v) is 6.74. The molecule has 0 aromatic heterocycles. The molecule has 2 nitrogen and oxygen atoms in total. The topological polar surface area (TPSA) is 21.3 Å². The van der Waals surface area contributed by atoms with Crippen molar-refractivity contribution in [2.45, 2.75) is 31.8 Å². The lowest BCUT2D eigenvalue weighted by atomic mass is 10.1. The molecule has 0 bridgehead atoms. The molecule has 2 aliphatic rings. The van der Waals surface area contributed by atoms with Gasteiger partial charge >= 0.3 is 0 Å². The molecule has 0 saturated heterocycles. The second-order valence-electron chi connectivity index (χ2n) is 5.82. The number of hydrogen-bond donors (Lipinski definition) is 1. The number of benzene rings is 2. The molecule has 1 aliphatic heterocycles. The number of ether oxygens (including phenoxy) is 1. The van der Waals surface area contributed by atoms with E-state index in [1.165, 1.54) is 35.1 Å². The molecular formula is C18H18BrNO. The zero-order valence-corrected chi connectivity index (χ0v) is 13.4. The summed E-state index contributed by atoms with van der Waals surface area (Å²) in [6.07, 6.45) is 3.39. The lowest BCUT2D eigenvalue weighted by Gasteiger charge is -2.16. The molecular weight excluding hydrogens is 326 g/mol. The Morgan fingerprint density at radius 1 is 1.14 bits per heavy atom. The van der Waals surface area contributed by atoms with Crippen molar-refractivity contribution < 1.29 is 4.74 Å². The Labute approximate surface area is 133 Å². The third-order valence-electron chi connectivity index (χ3n) is 4.50. The summed E-state index contributed by atoms with van der Waals surface area (Å²) < 4.78 is 6.96. The molecule has 0 amide bonds. The van der Waals surface area contributed by atoms with Gasteiger partial charge in [-0.3, -0.25) is 0 Å². The van der Waals surface area contributed by atoms with Crippen molar-refractivity contribution >= 4 is 15.9 Å². The summed E-state index contributed by atoms with van der Waals surface area (Å²) in [6, 6.07) is 13.6. The van der Waals surface area contributed by atoms with Crippen LogP contribution in [0.1, 0.15) is 34.7 Å². The predicted octanol–water partition coefficient (Wildman–Crippen LogP) is 4.16. The summed E-state index contributed by atoms with van der Waals surface area (Å²) in [6.45, 7) is 1.67. The number of hydrogen-bond acceptors (Lipinski definition) is 2. The third kappa shape index (κ3) is 2.49. The normalized spacial score (nSPS) is 19.2. The van der Waals surface area contributed by atoms with Crippen LogP contribution in [-0.4, -0.2) is 6.61 Å². The first-order valence-corrected chi connectivity index (χ1v) is 8.36. The van der Waals surface area contributed by atoms with Gasteiger partial charge in [-0.05, 0) is 41.7 Å². The zero-order chi connectivity index (χ0) is 14.2. The minimum Gasteiger partial charge on any atom is -0.493 e. The molecule has 1 heterocycles. The first kappa shape index (κ1) is 13.4. The molecule has 4 rings (SSSR count). The van der Waals surface area contributed by atoms with E-state index in [4.69, 9.17) is 4.74 Å². The van der Waals surface area contributed by atoms with Gasteiger partial charge in [-0.25, -0.2) is 0 Å². The standard InChI is InChI=1S/C18H18BrNO/c19-15-9-13-7-8-21-18(13)14(10-15)11-20-17-6-5-12-3-1-2-4-16(12)17/h1-4,9-10,17,20H,5-8,11H2. The van der Waals surface area contributed by atoms with Crippen molar-refractivity contribution in [2.75, 3.05) is 6.61 Å². The average Bonchev–Trinajstić information content (AvgIpc) is 3.11. The molecule has 0 saturated carbocycles. The molecule has 0 spiro atoms. The van der Waals surface area contributed by atoms with Crippen LogP contribution in [0.25, 0.3) is 0 Å². The van der Waals surface area contributed by atoms with E-state index in [0.717, 1.165) is 29.8 Å². The highest BCUT2D eigenvalue weighted by Crippen LogP contribution is 2.35. The van der Waals surface area contributed by atoms with Crippen molar-refractivity contribution in [1.82, 2.24) is 5.32 Å². The summed E-state index contributed by atoms with van der Waals surface area (Å²) in [4.78, 5) is 0. The third-order valence-corrected chi connectivity index (χ3v) is 4.95. The van der Waals surface area contributed by atoms with Gasteiger partial charge in [-0.15, -0.1) is 0 Å². The monoisotopic (exact) mass is 343 g/mol. The molecule has 0 fully saturated rings. The van der Waals surface area contributed by atoms with E-state index >= 15 is 0 Å². The molecule has 2 aromatic rings. The Morgan fingerprint density at radius 2 is 2.05 bits per heavy atom. The fraction of sp³-hybridized carbons (Fsp3) is 0.333. The van der Waals surface area contributed by atoms with Crippen molar-refractivity contribution in [3.8, 4) is 5.75 Å². The lowest BCUT2D eigenvalue weighted by Crippen LogP contribution is -2.19. The van der Waals surface area contributed by atoms with Crippen LogP contribution in [0.5, 0.6) is 5.75 Å². The van der Waals surface area contributed by atoms with E-state index in [2.05, 4.69) is 57.6 Å². The highest BCUT2D eigenvalue weighted by Gasteiger charge is 2.23. The quantitative estimate of drug-likeness (QED) is 0.903. The Kier molecular flexibility index (Phi) is 3.48. The number of aryl methyl sites for hydroxylation is 1. The predicted molar refractivity (Wildman–Crippen MR) is 87.7 cm³/mol. The fourth-order valence-corrected chi connectivity index (χ4v) is 4.03. The van der Waals surface area contributed by atoms with Crippen LogP contribution < -0.4 is 10.1 Å².